The van der Waals surface area contributed by atoms with Crippen LogP contribution in [0, 0.1) is 0 Å². The van der Waals surface area contributed by atoms with E-state index in [-0.39, 0.29) is 12.1 Å². The smallest absolute Gasteiger partial charge is 0.252 e. The molecule has 5 heteroatoms. The van der Waals surface area contributed by atoms with Crippen LogP contribution >= 0.6 is 0 Å². The molecule has 2 aliphatic rings. The van der Waals surface area contributed by atoms with Gasteiger partial charge in [0.15, 0.2) is 0 Å². The van der Waals surface area contributed by atoms with Gasteiger partial charge >= 0.3 is 0 Å². The maximum atomic E-state index is 6.97. The molecule has 0 atom stereocenters. The molecule has 0 saturated carbocycles. The summed E-state index contributed by atoms with van der Waals surface area (Å²) in [6.45, 7) is 6.78. The molecule has 14 aromatic rings. The molecule has 0 unspecified atom stereocenters. The minimum atomic E-state index is -0.103. The van der Waals surface area contributed by atoms with Crippen LogP contribution < -0.4 is 21.3 Å². The molecule has 0 bridgehead atoms. The summed E-state index contributed by atoms with van der Waals surface area (Å²) >= 11 is 0. The van der Waals surface area contributed by atoms with E-state index in [4.69, 9.17) is 4.42 Å². The van der Waals surface area contributed by atoms with Crippen LogP contribution in [0.25, 0.3) is 110 Å². The topological polar surface area (TPSA) is 26.2 Å². The van der Waals surface area contributed by atoms with Gasteiger partial charge < -0.3 is 18.5 Å². The summed E-state index contributed by atoms with van der Waals surface area (Å²) in [6, 6.07) is 87.9. The standard InChI is InChI=1S/C70H48BN3O/c1-70(2,3)48-33-30-44(31-34-48)47-37-64-68-65(38-47)74-62-39-53-51-25-14-16-29-60(51)72(49-22-11-6-12-23-49)61(53)40-54(62)52-26-17-27-57(69(52)74)71(68)58-42-67-56(55-36-46(32-35-66(55)75-67)43-18-7-4-8-19-43)41-63(58)73(64)59-28-15-13-24-50(59)45-20-9-5-10-21-45/h4-42H,1-3H3. The van der Waals surface area contributed by atoms with E-state index in [1.54, 1.807) is 0 Å². The Hall–Kier alpha value is -9.32. The van der Waals surface area contributed by atoms with Gasteiger partial charge in [0.1, 0.15) is 11.2 Å². The van der Waals surface area contributed by atoms with Crippen LogP contribution in [0.15, 0.2) is 241 Å². The molecule has 0 radical (unpaired) electrons. The molecule has 0 spiro atoms. The summed E-state index contributed by atoms with van der Waals surface area (Å²) in [5.41, 5.74) is 24.6. The van der Waals surface area contributed by atoms with E-state index in [0.29, 0.717) is 0 Å². The number of hydrogen-bond donors (Lipinski definition) is 0. The van der Waals surface area contributed by atoms with Gasteiger partial charge in [0, 0.05) is 66.1 Å². The first-order valence-corrected chi connectivity index (χ1v) is 26.2. The summed E-state index contributed by atoms with van der Waals surface area (Å²) in [5.74, 6) is 0. The van der Waals surface area contributed by atoms with Gasteiger partial charge in [-0.2, -0.15) is 0 Å². The lowest BCUT2D eigenvalue weighted by molar-refractivity contribution is 0.590. The fourth-order valence-corrected chi connectivity index (χ4v) is 13.0. The summed E-state index contributed by atoms with van der Waals surface area (Å²) < 4.78 is 12.0. The first-order valence-electron chi connectivity index (χ1n) is 26.2. The van der Waals surface area contributed by atoms with Gasteiger partial charge in [-0.15, -0.1) is 0 Å². The van der Waals surface area contributed by atoms with Crippen LogP contribution in [-0.2, 0) is 5.41 Å². The molecule has 11 aromatic carbocycles. The van der Waals surface area contributed by atoms with Crippen molar-refractivity contribution in [1.29, 1.82) is 0 Å². The van der Waals surface area contributed by atoms with E-state index in [1.165, 1.54) is 110 Å². The number of nitrogens with zero attached hydrogens (tertiary/aromatic N) is 3. The number of furan rings is 1. The third-order valence-corrected chi connectivity index (χ3v) is 16.4. The molecular weight excluding hydrogens is 910 g/mol. The predicted octanol–water partition coefficient (Wildman–Crippen LogP) is 16.7. The van der Waals surface area contributed by atoms with Crippen molar-refractivity contribution in [2.24, 2.45) is 0 Å². The molecule has 0 saturated heterocycles. The van der Waals surface area contributed by atoms with Crippen molar-refractivity contribution in [3.8, 4) is 44.8 Å². The van der Waals surface area contributed by atoms with E-state index < -0.39 is 0 Å². The first kappa shape index (κ1) is 42.2. The Kier molecular flexibility index (Phi) is 8.78. The van der Waals surface area contributed by atoms with Crippen molar-refractivity contribution in [3.63, 3.8) is 0 Å². The first-order chi connectivity index (χ1) is 36.8. The molecule has 3 aromatic heterocycles. The van der Waals surface area contributed by atoms with E-state index in [0.717, 1.165) is 39.0 Å². The molecule has 5 heterocycles. The van der Waals surface area contributed by atoms with Gasteiger partial charge in [0.25, 0.3) is 6.71 Å². The average Bonchev–Trinajstić information content (AvgIpc) is 4.29. The molecule has 16 rings (SSSR count). The zero-order valence-corrected chi connectivity index (χ0v) is 41.8. The highest BCUT2D eigenvalue weighted by Gasteiger charge is 2.43. The van der Waals surface area contributed by atoms with Gasteiger partial charge in [0.05, 0.1) is 22.2 Å². The number of fused-ring (bicyclic) bond motifs is 13. The zero-order chi connectivity index (χ0) is 49.7. The minimum Gasteiger partial charge on any atom is -0.456 e. The predicted molar refractivity (Wildman–Crippen MR) is 317 cm³/mol. The van der Waals surface area contributed by atoms with Gasteiger partial charge in [-0.25, -0.2) is 0 Å². The van der Waals surface area contributed by atoms with Crippen molar-refractivity contribution < 1.29 is 4.42 Å². The highest BCUT2D eigenvalue weighted by molar-refractivity contribution is 7.00. The molecular formula is C70H48BN3O. The summed E-state index contributed by atoms with van der Waals surface area (Å²) in [6.07, 6.45) is 0. The maximum Gasteiger partial charge on any atom is 0.252 e. The lowest BCUT2D eigenvalue weighted by Gasteiger charge is -2.41. The Bertz CT molecular complexity index is 4670. The van der Waals surface area contributed by atoms with Crippen LogP contribution in [-0.4, -0.2) is 15.8 Å². The Morgan fingerprint density at radius 1 is 0.360 bits per heavy atom. The second kappa shape index (κ2) is 15.6. The molecule has 0 amide bonds. The van der Waals surface area contributed by atoms with E-state index in [1.807, 2.05) is 0 Å². The highest BCUT2D eigenvalue weighted by atomic mass is 16.3. The number of para-hydroxylation sites is 4. The Morgan fingerprint density at radius 2 is 0.987 bits per heavy atom. The van der Waals surface area contributed by atoms with Crippen LogP contribution in [0.3, 0.4) is 0 Å². The van der Waals surface area contributed by atoms with Crippen molar-refractivity contribution in [2.75, 3.05) is 4.90 Å². The average molecular weight is 958 g/mol. The van der Waals surface area contributed by atoms with Gasteiger partial charge in [-0.3, -0.25) is 0 Å². The Labute approximate surface area is 435 Å². The van der Waals surface area contributed by atoms with Gasteiger partial charge in [0.2, 0.25) is 0 Å². The Morgan fingerprint density at radius 3 is 1.77 bits per heavy atom. The molecule has 0 fully saturated rings. The zero-order valence-electron chi connectivity index (χ0n) is 41.8. The van der Waals surface area contributed by atoms with Gasteiger partial charge in [-0.1, -0.05) is 185 Å². The minimum absolute atomic E-state index is 0.0219. The van der Waals surface area contributed by atoms with Gasteiger partial charge in [-0.05, 0) is 128 Å². The lowest BCUT2D eigenvalue weighted by atomic mass is 9.33. The molecule has 4 nitrogen and oxygen atoms in total. The molecule has 75 heavy (non-hydrogen) atoms. The fraction of sp³-hybridized carbons (Fsp3) is 0.0571. The van der Waals surface area contributed by atoms with E-state index in [2.05, 4.69) is 271 Å². The number of anilines is 3. The van der Waals surface area contributed by atoms with Crippen LogP contribution in [0.2, 0.25) is 0 Å². The second-order valence-corrected chi connectivity index (χ2v) is 21.6. The van der Waals surface area contributed by atoms with Crippen molar-refractivity contribution in [2.45, 2.75) is 26.2 Å². The molecule has 352 valence electrons. The monoisotopic (exact) mass is 957 g/mol. The van der Waals surface area contributed by atoms with Crippen molar-refractivity contribution in [3.05, 3.63) is 242 Å². The van der Waals surface area contributed by atoms with Crippen molar-refractivity contribution >= 4 is 106 Å². The number of hydrogen-bond acceptors (Lipinski definition) is 2. The van der Waals surface area contributed by atoms with Crippen molar-refractivity contribution in [1.82, 2.24) is 9.13 Å². The third-order valence-electron chi connectivity index (χ3n) is 16.4. The van der Waals surface area contributed by atoms with E-state index in [9.17, 15) is 0 Å². The quantitative estimate of drug-likeness (QED) is 0.161. The largest absolute Gasteiger partial charge is 0.456 e. The molecule has 2 aliphatic heterocycles. The Balaban J connectivity index is 1.05. The summed E-state index contributed by atoms with van der Waals surface area (Å²) in [4.78, 5) is 2.59. The number of benzene rings is 11. The third kappa shape index (κ3) is 6.13. The number of aromatic nitrogens is 2. The normalized spacial score (nSPS) is 12.9. The molecule has 0 N–H and O–H groups in total. The number of rotatable bonds is 5. The van der Waals surface area contributed by atoms with E-state index >= 15 is 0 Å². The second-order valence-electron chi connectivity index (χ2n) is 21.6. The fourth-order valence-electron chi connectivity index (χ4n) is 13.0. The SMILES string of the molecule is CC(C)(C)c1ccc(-c2cc3c4c(c2)-n2c5cc6c7ccccc7n(-c7ccccc7)c6cc5c5cccc(c52)B4c2cc4oc5ccc(-c6ccccc6)cc5c4cc2N3c2ccccc2-c2ccccc2)cc1. The van der Waals surface area contributed by atoms with Crippen LogP contribution in [0.5, 0.6) is 0 Å². The maximum absolute atomic E-state index is 6.97. The lowest BCUT2D eigenvalue weighted by Crippen LogP contribution is -2.60. The summed E-state index contributed by atoms with van der Waals surface area (Å²) in [5, 5.41) is 7.16. The molecule has 0 aliphatic carbocycles. The van der Waals surface area contributed by atoms with Crippen LogP contribution in [0.4, 0.5) is 17.1 Å². The highest BCUT2D eigenvalue weighted by Crippen LogP contribution is 2.49. The summed E-state index contributed by atoms with van der Waals surface area (Å²) in [7, 11) is 0. The van der Waals surface area contributed by atoms with Crippen LogP contribution in [0.1, 0.15) is 26.3 Å².